The van der Waals surface area contributed by atoms with Crippen molar-refractivity contribution < 1.29 is 23.1 Å². The van der Waals surface area contributed by atoms with E-state index in [1.165, 1.54) is 0 Å². The first-order valence-electron chi connectivity index (χ1n) is 6.72. The highest BCUT2D eigenvalue weighted by molar-refractivity contribution is 9.10. The maximum atomic E-state index is 12.1. The molecule has 0 fully saturated rings. The lowest BCUT2D eigenvalue weighted by atomic mass is 10.2. The quantitative estimate of drug-likeness (QED) is 0.745. The molecule has 0 atom stereocenters. The number of amides is 1. The van der Waals surface area contributed by atoms with Crippen LogP contribution in [0.15, 0.2) is 52.1 Å². The van der Waals surface area contributed by atoms with E-state index in [9.17, 15) is 18.0 Å². The zero-order valence-electron chi connectivity index (χ0n) is 12.3. The lowest BCUT2D eigenvalue weighted by Gasteiger charge is -2.07. The number of nitrogens with zero attached hydrogens (tertiary/aromatic N) is 1. The Labute approximate surface area is 146 Å². The van der Waals surface area contributed by atoms with Crippen molar-refractivity contribution in [2.45, 2.75) is 11.6 Å². The summed E-state index contributed by atoms with van der Waals surface area (Å²) >= 11 is 3.34. The average Bonchev–Trinajstić information content (AvgIpc) is 2.54. The summed E-state index contributed by atoms with van der Waals surface area (Å²) in [6.07, 6.45) is 0.939. The molecule has 7 nitrogen and oxygen atoms in total. The number of carbonyl (C=O) groups is 2. The second kappa shape index (κ2) is 7.54. The Kier molecular flexibility index (Phi) is 5.68. The first-order chi connectivity index (χ1) is 11.3. The topological polar surface area (TPSA) is 113 Å². The normalized spacial score (nSPS) is 11.0. The number of aromatic carboxylic acids is 1. The Bertz CT molecular complexity index is 866. The van der Waals surface area contributed by atoms with E-state index < -0.39 is 27.5 Å². The SMILES string of the molecule is O=C(CS(=O)(=O)c1ccc(C(=O)O)cn1)NCc1ccccc1Br. The molecule has 2 rings (SSSR count). The highest BCUT2D eigenvalue weighted by Crippen LogP contribution is 2.15. The van der Waals surface area contributed by atoms with Crippen LogP contribution in [0.25, 0.3) is 0 Å². The minimum absolute atomic E-state index is 0.132. The summed E-state index contributed by atoms with van der Waals surface area (Å²) in [4.78, 5) is 26.2. The molecule has 2 aromatic rings. The van der Waals surface area contributed by atoms with Gasteiger partial charge in [-0.3, -0.25) is 4.79 Å². The molecule has 0 radical (unpaired) electrons. The number of rotatable bonds is 6. The molecular formula is C15H13BrN2O5S. The molecule has 0 unspecified atom stereocenters. The summed E-state index contributed by atoms with van der Waals surface area (Å²) in [7, 11) is -3.94. The summed E-state index contributed by atoms with van der Waals surface area (Å²) in [5, 5.41) is 10.9. The van der Waals surface area contributed by atoms with Gasteiger partial charge in [0.2, 0.25) is 15.7 Å². The van der Waals surface area contributed by atoms with E-state index in [2.05, 4.69) is 26.2 Å². The molecule has 2 N–H and O–H groups in total. The smallest absolute Gasteiger partial charge is 0.337 e. The van der Waals surface area contributed by atoms with Crippen molar-refractivity contribution >= 4 is 37.6 Å². The summed E-state index contributed by atoms with van der Waals surface area (Å²) in [5.41, 5.74) is 0.680. The van der Waals surface area contributed by atoms with Gasteiger partial charge in [0.1, 0.15) is 5.75 Å². The second-order valence-corrected chi connectivity index (χ2v) is 7.61. The minimum atomic E-state index is -3.94. The van der Waals surface area contributed by atoms with Crippen molar-refractivity contribution in [3.05, 3.63) is 58.2 Å². The van der Waals surface area contributed by atoms with Gasteiger partial charge in [0.15, 0.2) is 5.03 Å². The van der Waals surface area contributed by atoms with Gasteiger partial charge in [0.25, 0.3) is 0 Å². The molecule has 0 saturated heterocycles. The number of pyridine rings is 1. The largest absolute Gasteiger partial charge is 0.478 e. The standard InChI is InChI=1S/C15H13BrN2O5S/c16-12-4-2-1-3-10(12)7-17-13(19)9-24(22,23)14-6-5-11(8-18-14)15(20)21/h1-6,8H,7,9H2,(H,17,19)(H,20,21). The average molecular weight is 413 g/mol. The van der Waals surface area contributed by atoms with Crippen molar-refractivity contribution in [1.82, 2.24) is 10.3 Å². The van der Waals surface area contributed by atoms with Gasteiger partial charge < -0.3 is 10.4 Å². The molecular weight excluding hydrogens is 400 g/mol. The number of benzene rings is 1. The van der Waals surface area contributed by atoms with Crippen molar-refractivity contribution in [3.63, 3.8) is 0 Å². The van der Waals surface area contributed by atoms with Crippen molar-refractivity contribution in [2.24, 2.45) is 0 Å². The highest BCUT2D eigenvalue weighted by atomic mass is 79.9. The fraction of sp³-hybridized carbons (Fsp3) is 0.133. The molecule has 0 aliphatic heterocycles. The molecule has 9 heteroatoms. The third-order valence-corrected chi connectivity index (χ3v) is 5.35. The van der Waals surface area contributed by atoms with Crippen LogP contribution in [0.3, 0.4) is 0 Å². The molecule has 0 bridgehead atoms. The Hall–Kier alpha value is -2.26. The van der Waals surface area contributed by atoms with Crippen LogP contribution in [0.4, 0.5) is 0 Å². The third-order valence-electron chi connectivity index (χ3n) is 3.06. The third kappa shape index (κ3) is 4.62. The van der Waals surface area contributed by atoms with Gasteiger partial charge in [-0.2, -0.15) is 0 Å². The number of carbonyl (C=O) groups excluding carboxylic acids is 1. The Morgan fingerprint density at radius 2 is 1.88 bits per heavy atom. The van der Waals surface area contributed by atoms with E-state index in [0.717, 1.165) is 28.4 Å². The van der Waals surface area contributed by atoms with Crippen LogP contribution < -0.4 is 5.32 Å². The molecule has 1 aromatic carbocycles. The van der Waals surface area contributed by atoms with Crippen molar-refractivity contribution in [3.8, 4) is 0 Å². The number of hydrogen-bond donors (Lipinski definition) is 2. The summed E-state index contributed by atoms with van der Waals surface area (Å²) in [6.45, 7) is 0.182. The van der Waals surface area contributed by atoms with E-state index in [1.807, 2.05) is 12.1 Å². The zero-order chi connectivity index (χ0) is 17.7. The Morgan fingerprint density at radius 1 is 1.17 bits per heavy atom. The second-order valence-electron chi connectivity index (χ2n) is 4.82. The van der Waals surface area contributed by atoms with E-state index >= 15 is 0 Å². The predicted molar refractivity (Wildman–Crippen MR) is 89.2 cm³/mol. The number of hydrogen-bond acceptors (Lipinski definition) is 5. The van der Waals surface area contributed by atoms with Crippen LogP contribution >= 0.6 is 15.9 Å². The first kappa shape index (κ1) is 18.1. The number of carboxylic acids is 1. The fourth-order valence-electron chi connectivity index (χ4n) is 1.82. The predicted octanol–water partition coefficient (Wildman–Crippen LogP) is 1.63. The van der Waals surface area contributed by atoms with Crippen LogP contribution in [0.1, 0.15) is 15.9 Å². The number of nitrogens with one attached hydrogen (secondary N) is 1. The van der Waals surface area contributed by atoms with Crippen LogP contribution in [-0.4, -0.2) is 36.1 Å². The zero-order valence-corrected chi connectivity index (χ0v) is 14.7. The summed E-state index contributed by atoms with van der Waals surface area (Å²) in [6, 6.07) is 9.43. The van der Waals surface area contributed by atoms with E-state index in [1.54, 1.807) is 12.1 Å². The van der Waals surface area contributed by atoms with Crippen LogP contribution in [0, 0.1) is 0 Å². The number of aromatic nitrogens is 1. The molecule has 0 saturated carbocycles. The number of halogens is 1. The number of sulfone groups is 1. The Morgan fingerprint density at radius 3 is 2.46 bits per heavy atom. The lowest BCUT2D eigenvalue weighted by Crippen LogP contribution is -2.30. The molecule has 1 aromatic heterocycles. The minimum Gasteiger partial charge on any atom is -0.478 e. The van der Waals surface area contributed by atoms with Crippen LogP contribution in [0.5, 0.6) is 0 Å². The van der Waals surface area contributed by atoms with Crippen LogP contribution in [-0.2, 0) is 21.2 Å². The monoisotopic (exact) mass is 412 g/mol. The molecule has 0 spiro atoms. The van der Waals surface area contributed by atoms with E-state index in [4.69, 9.17) is 5.11 Å². The van der Waals surface area contributed by atoms with E-state index in [0.29, 0.717) is 0 Å². The van der Waals surface area contributed by atoms with Gasteiger partial charge in [-0.25, -0.2) is 18.2 Å². The lowest BCUT2D eigenvalue weighted by molar-refractivity contribution is -0.118. The number of carboxylic acid groups (broad SMARTS) is 1. The molecule has 0 aliphatic rings. The van der Waals surface area contributed by atoms with Gasteiger partial charge in [-0.05, 0) is 23.8 Å². The van der Waals surface area contributed by atoms with Gasteiger partial charge in [-0.15, -0.1) is 0 Å². The van der Waals surface area contributed by atoms with Crippen molar-refractivity contribution in [1.29, 1.82) is 0 Å². The Balaban J connectivity index is 2.02. The van der Waals surface area contributed by atoms with E-state index in [-0.39, 0.29) is 17.1 Å². The maximum Gasteiger partial charge on any atom is 0.337 e. The highest BCUT2D eigenvalue weighted by Gasteiger charge is 2.21. The molecule has 24 heavy (non-hydrogen) atoms. The summed E-state index contributed by atoms with van der Waals surface area (Å²) < 4.78 is 25.0. The van der Waals surface area contributed by atoms with Gasteiger partial charge in [-0.1, -0.05) is 34.1 Å². The summed E-state index contributed by atoms with van der Waals surface area (Å²) in [5.74, 6) is -2.65. The first-order valence-corrected chi connectivity index (χ1v) is 9.16. The van der Waals surface area contributed by atoms with Crippen molar-refractivity contribution in [2.75, 3.05) is 5.75 Å². The van der Waals surface area contributed by atoms with Crippen LogP contribution in [0.2, 0.25) is 0 Å². The fourth-order valence-corrected chi connectivity index (χ4v) is 3.33. The van der Waals surface area contributed by atoms with Gasteiger partial charge in [0, 0.05) is 17.2 Å². The maximum absolute atomic E-state index is 12.1. The molecule has 1 amide bonds. The van der Waals surface area contributed by atoms with Gasteiger partial charge in [0.05, 0.1) is 5.56 Å². The molecule has 1 heterocycles. The molecule has 126 valence electrons. The molecule has 0 aliphatic carbocycles. The van der Waals surface area contributed by atoms with Gasteiger partial charge >= 0.3 is 5.97 Å².